The molecule has 20 heavy (non-hydrogen) atoms. The molecular weight excluding hydrogens is 292 g/mol. The third-order valence-electron chi connectivity index (χ3n) is 3.28. The maximum atomic E-state index is 12.1. The molecule has 1 fully saturated rings. The average molecular weight is 314 g/mol. The van der Waals surface area contributed by atoms with Gasteiger partial charge in [-0.25, -0.2) is 0 Å². The second kappa shape index (κ2) is 7.83. The summed E-state index contributed by atoms with van der Waals surface area (Å²) in [6.07, 6.45) is 5.76. The van der Waals surface area contributed by atoms with E-state index in [1.807, 2.05) is 6.92 Å². The highest BCUT2D eigenvalue weighted by atomic mass is 32.2. The minimum atomic E-state index is -0.123. The van der Waals surface area contributed by atoms with Crippen LogP contribution in [0.1, 0.15) is 46.0 Å². The molecular formula is C13H22N4OS2. The van der Waals surface area contributed by atoms with E-state index < -0.39 is 0 Å². The van der Waals surface area contributed by atoms with Gasteiger partial charge < -0.3 is 10.6 Å². The first-order valence-electron chi connectivity index (χ1n) is 7.23. The minimum Gasteiger partial charge on any atom is -0.360 e. The van der Waals surface area contributed by atoms with E-state index >= 15 is 0 Å². The van der Waals surface area contributed by atoms with Gasteiger partial charge in [0, 0.05) is 12.6 Å². The monoisotopic (exact) mass is 314 g/mol. The Bertz CT molecular complexity index is 432. The van der Waals surface area contributed by atoms with Crippen molar-refractivity contribution in [2.24, 2.45) is 0 Å². The van der Waals surface area contributed by atoms with Crippen LogP contribution in [0.25, 0.3) is 0 Å². The molecule has 1 aliphatic carbocycles. The number of rotatable bonds is 7. The highest BCUT2D eigenvalue weighted by Crippen LogP contribution is 2.29. The Hall–Kier alpha value is -0.820. The van der Waals surface area contributed by atoms with Crippen LogP contribution in [-0.4, -0.2) is 33.9 Å². The number of hydrogen-bond donors (Lipinski definition) is 2. The van der Waals surface area contributed by atoms with E-state index in [4.69, 9.17) is 0 Å². The number of amides is 1. The number of anilines is 1. The number of aromatic nitrogens is 2. The van der Waals surface area contributed by atoms with Crippen LogP contribution < -0.4 is 10.6 Å². The first kappa shape index (κ1) is 15.6. The molecule has 1 amide bonds. The SMILES string of the molecule is CCCNc1nnc(SC(C)C(=O)NC2CCCC2)s1. The predicted molar refractivity (Wildman–Crippen MR) is 84.4 cm³/mol. The van der Waals surface area contributed by atoms with Gasteiger partial charge in [-0.1, -0.05) is 42.9 Å². The van der Waals surface area contributed by atoms with Gasteiger partial charge in [-0.2, -0.15) is 0 Å². The summed E-state index contributed by atoms with van der Waals surface area (Å²) in [5.41, 5.74) is 0. The third kappa shape index (κ3) is 4.63. The van der Waals surface area contributed by atoms with Crippen molar-refractivity contribution in [2.45, 2.75) is 61.6 Å². The molecule has 1 aliphatic rings. The number of nitrogens with zero attached hydrogens (tertiary/aromatic N) is 2. The number of hydrogen-bond acceptors (Lipinski definition) is 6. The van der Waals surface area contributed by atoms with E-state index in [0.717, 1.165) is 35.3 Å². The summed E-state index contributed by atoms with van der Waals surface area (Å²) in [6.45, 7) is 4.94. The lowest BCUT2D eigenvalue weighted by Crippen LogP contribution is -2.37. The van der Waals surface area contributed by atoms with E-state index in [2.05, 4.69) is 27.8 Å². The molecule has 2 N–H and O–H groups in total. The van der Waals surface area contributed by atoms with Crippen molar-refractivity contribution < 1.29 is 4.79 Å². The van der Waals surface area contributed by atoms with Gasteiger partial charge in [0.25, 0.3) is 0 Å². The van der Waals surface area contributed by atoms with Gasteiger partial charge in [-0.3, -0.25) is 4.79 Å². The van der Waals surface area contributed by atoms with Crippen LogP contribution in [0.5, 0.6) is 0 Å². The van der Waals surface area contributed by atoms with Crippen LogP contribution in [0, 0.1) is 0 Å². The predicted octanol–water partition coefficient (Wildman–Crippen LogP) is 2.90. The maximum absolute atomic E-state index is 12.1. The van der Waals surface area contributed by atoms with Gasteiger partial charge in [0.05, 0.1) is 5.25 Å². The summed E-state index contributed by atoms with van der Waals surface area (Å²) in [6, 6.07) is 0.377. The molecule has 1 saturated carbocycles. The molecule has 0 saturated heterocycles. The normalized spacial score (nSPS) is 17.1. The first-order chi connectivity index (χ1) is 9.69. The van der Waals surface area contributed by atoms with Crippen molar-refractivity contribution in [3.05, 3.63) is 0 Å². The van der Waals surface area contributed by atoms with Gasteiger partial charge in [-0.15, -0.1) is 10.2 Å². The van der Waals surface area contributed by atoms with Crippen molar-refractivity contribution in [3.63, 3.8) is 0 Å². The summed E-state index contributed by atoms with van der Waals surface area (Å²) in [4.78, 5) is 12.1. The Labute approximate surface area is 128 Å². The topological polar surface area (TPSA) is 66.9 Å². The maximum Gasteiger partial charge on any atom is 0.233 e. The molecule has 1 unspecified atom stereocenters. The van der Waals surface area contributed by atoms with Crippen molar-refractivity contribution in [1.29, 1.82) is 0 Å². The van der Waals surface area contributed by atoms with Crippen LogP contribution in [-0.2, 0) is 4.79 Å². The fourth-order valence-corrected chi connectivity index (χ4v) is 4.08. The molecule has 2 rings (SSSR count). The smallest absolute Gasteiger partial charge is 0.233 e. The number of nitrogens with one attached hydrogen (secondary N) is 2. The zero-order chi connectivity index (χ0) is 14.4. The van der Waals surface area contributed by atoms with Gasteiger partial charge in [0.1, 0.15) is 0 Å². The highest BCUT2D eigenvalue weighted by molar-refractivity contribution is 8.02. The molecule has 0 radical (unpaired) electrons. The molecule has 112 valence electrons. The Morgan fingerprint density at radius 1 is 1.45 bits per heavy atom. The summed E-state index contributed by atoms with van der Waals surface area (Å²) in [5, 5.41) is 15.2. The van der Waals surface area contributed by atoms with Crippen molar-refractivity contribution in [2.75, 3.05) is 11.9 Å². The fourth-order valence-electron chi connectivity index (χ4n) is 2.15. The van der Waals surface area contributed by atoms with Crippen LogP contribution in [0.4, 0.5) is 5.13 Å². The summed E-state index contributed by atoms with van der Waals surface area (Å²) in [5.74, 6) is 0.111. The average Bonchev–Trinajstić information content (AvgIpc) is 3.08. The molecule has 1 atom stereocenters. The zero-order valence-electron chi connectivity index (χ0n) is 12.0. The van der Waals surface area contributed by atoms with Crippen molar-refractivity contribution in [1.82, 2.24) is 15.5 Å². The Kier molecular flexibility index (Phi) is 6.09. The molecule has 7 heteroatoms. The Morgan fingerprint density at radius 2 is 2.20 bits per heavy atom. The number of thioether (sulfide) groups is 1. The number of carbonyl (C=O) groups is 1. The quantitative estimate of drug-likeness (QED) is 0.758. The first-order valence-corrected chi connectivity index (χ1v) is 8.93. The lowest BCUT2D eigenvalue weighted by atomic mass is 10.2. The number of carbonyl (C=O) groups excluding carboxylic acids is 1. The molecule has 0 aromatic carbocycles. The molecule has 1 heterocycles. The minimum absolute atomic E-state index is 0.111. The largest absolute Gasteiger partial charge is 0.360 e. The van der Waals surface area contributed by atoms with Crippen molar-refractivity contribution in [3.8, 4) is 0 Å². The van der Waals surface area contributed by atoms with E-state index in [9.17, 15) is 4.79 Å². The lowest BCUT2D eigenvalue weighted by molar-refractivity contribution is -0.120. The highest BCUT2D eigenvalue weighted by Gasteiger charge is 2.22. The van der Waals surface area contributed by atoms with Gasteiger partial charge in [-0.05, 0) is 26.2 Å². The van der Waals surface area contributed by atoms with Gasteiger partial charge in [0.15, 0.2) is 4.34 Å². The molecule has 0 aliphatic heterocycles. The van der Waals surface area contributed by atoms with E-state index in [1.165, 1.54) is 35.9 Å². The van der Waals surface area contributed by atoms with Gasteiger partial charge >= 0.3 is 0 Å². The summed E-state index contributed by atoms with van der Waals surface area (Å²) in [7, 11) is 0. The van der Waals surface area contributed by atoms with Crippen LogP contribution in [0.15, 0.2) is 4.34 Å². The lowest BCUT2D eigenvalue weighted by Gasteiger charge is -2.15. The molecule has 5 nitrogen and oxygen atoms in total. The van der Waals surface area contributed by atoms with Crippen molar-refractivity contribution >= 4 is 34.1 Å². The fraction of sp³-hybridized carbons (Fsp3) is 0.769. The summed E-state index contributed by atoms with van der Waals surface area (Å²) >= 11 is 2.99. The zero-order valence-corrected chi connectivity index (χ0v) is 13.6. The molecule has 0 bridgehead atoms. The molecule has 1 aromatic heterocycles. The second-order valence-corrected chi connectivity index (χ2v) is 7.62. The Morgan fingerprint density at radius 3 is 2.90 bits per heavy atom. The van der Waals surface area contributed by atoms with Crippen LogP contribution in [0.2, 0.25) is 0 Å². The standard InChI is InChI=1S/C13H22N4OS2/c1-3-8-14-12-16-17-13(20-12)19-9(2)11(18)15-10-6-4-5-7-10/h9-10H,3-8H2,1-2H3,(H,14,16)(H,15,18). The molecule has 1 aromatic rings. The van der Waals surface area contributed by atoms with E-state index in [1.54, 1.807) is 0 Å². The van der Waals surface area contributed by atoms with Gasteiger partial charge in [0.2, 0.25) is 11.0 Å². The van der Waals surface area contributed by atoms with Crippen LogP contribution >= 0.6 is 23.1 Å². The Balaban J connectivity index is 1.78. The summed E-state index contributed by atoms with van der Waals surface area (Å²) < 4.78 is 0.845. The third-order valence-corrected chi connectivity index (χ3v) is 5.35. The van der Waals surface area contributed by atoms with E-state index in [-0.39, 0.29) is 11.2 Å². The molecule has 0 spiro atoms. The van der Waals surface area contributed by atoms with Crippen LogP contribution in [0.3, 0.4) is 0 Å². The van der Waals surface area contributed by atoms with E-state index in [0.29, 0.717) is 6.04 Å². The second-order valence-electron chi connectivity index (χ2n) is 5.05.